The molecule has 20 heavy (non-hydrogen) atoms. The van der Waals surface area contributed by atoms with Gasteiger partial charge in [0, 0.05) is 18.2 Å². The van der Waals surface area contributed by atoms with E-state index in [9.17, 15) is 24.2 Å². The number of H-pyrrole nitrogens is 1. The first kappa shape index (κ1) is 15.0. The van der Waals surface area contributed by atoms with Gasteiger partial charge in [-0.2, -0.15) is 0 Å². The van der Waals surface area contributed by atoms with Gasteiger partial charge in [0.15, 0.2) is 0 Å². The first-order valence-corrected chi connectivity index (χ1v) is 6.91. The van der Waals surface area contributed by atoms with Crippen LogP contribution in [-0.2, 0) is 13.8 Å². The van der Waals surface area contributed by atoms with Gasteiger partial charge in [0.2, 0.25) is 0 Å². The lowest BCUT2D eigenvalue weighted by Gasteiger charge is -2.14. The molecule has 9 nitrogen and oxygen atoms in total. The average molecular weight is 304 g/mol. The van der Waals surface area contributed by atoms with Gasteiger partial charge in [-0.15, -0.1) is 4.52 Å². The Kier molecular flexibility index (Phi) is 4.46. The van der Waals surface area contributed by atoms with E-state index in [0.717, 1.165) is 4.57 Å². The van der Waals surface area contributed by atoms with Crippen molar-refractivity contribution in [2.45, 2.75) is 31.8 Å². The van der Waals surface area contributed by atoms with Crippen molar-refractivity contribution in [3.05, 3.63) is 32.6 Å². The van der Waals surface area contributed by atoms with Crippen molar-refractivity contribution in [1.29, 1.82) is 0 Å². The van der Waals surface area contributed by atoms with Gasteiger partial charge in [0.25, 0.3) is 5.56 Å². The molecule has 1 saturated heterocycles. The molecule has 1 aliphatic heterocycles. The summed E-state index contributed by atoms with van der Waals surface area (Å²) in [6, 6.07) is 0. The van der Waals surface area contributed by atoms with Gasteiger partial charge in [-0.3, -0.25) is 14.3 Å². The number of nitrogens with zero attached hydrogens (tertiary/aromatic N) is 1. The number of nitrogens with one attached hydrogen (secondary N) is 1. The molecule has 4 unspecified atom stereocenters. The molecule has 2 N–H and O–H groups in total. The van der Waals surface area contributed by atoms with Crippen LogP contribution in [-0.4, -0.2) is 33.5 Å². The zero-order valence-corrected chi connectivity index (χ0v) is 11.4. The molecule has 0 radical (unpaired) electrons. The van der Waals surface area contributed by atoms with Crippen molar-refractivity contribution in [1.82, 2.24) is 9.55 Å². The Hall–Kier alpha value is -1.38. The molecule has 1 aromatic heterocycles. The fraction of sp³-hybridized carbons (Fsp3) is 0.600. The van der Waals surface area contributed by atoms with Crippen LogP contribution in [0.4, 0.5) is 0 Å². The molecule has 1 fully saturated rings. The van der Waals surface area contributed by atoms with Crippen molar-refractivity contribution >= 4 is 8.25 Å². The summed E-state index contributed by atoms with van der Waals surface area (Å²) in [5.74, 6) is 0. The Morgan fingerprint density at radius 2 is 2.35 bits per heavy atom. The Bertz CT molecular complexity index is 625. The SMILES string of the molecule is Cc1cn(C2CC(O)C(CO[P+](=O)[O-])O2)c(=O)[nH]c1=O. The van der Waals surface area contributed by atoms with Gasteiger partial charge in [0.1, 0.15) is 18.9 Å². The monoisotopic (exact) mass is 304 g/mol. The molecular formula is C10H13N2O7P. The van der Waals surface area contributed by atoms with Gasteiger partial charge in [-0.25, -0.2) is 4.79 Å². The summed E-state index contributed by atoms with van der Waals surface area (Å²) in [5, 5.41) is 9.76. The topological polar surface area (TPSA) is 134 Å². The van der Waals surface area contributed by atoms with Crippen LogP contribution in [0, 0.1) is 6.92 Å². The van der Waals surface area contributed by atoms with Crippen LogP contribution in [0.15, 0.2) is 15.8 Å². The van der Waals surface area contributed by atoms with Crippen LogP contribution in [0.2, 0.25) is 0 Å². The minimum Gasteiger partial charge on any atom is -0.566 e. The van der Waals surface area contributed by atoms with Crippen LogP contribution in [0.3, 0.4) is 0 Å². The largest absolute Gasteiger partial charge is 0.566 e. The highest BCUT2D eigenvalue weighted by Gasteiger charge is 2.36. The fourth-order valence-corrected chi connectivity index (χ4v) is 2.24. The minimum atomic E-state index is -3.03. The maximum atomic E-state index is 11.7. The summed E-state index contributed by atoms with van der Waals surface area (Å²) < 4.78 is 21.2. The summed E-state index contributed by atoms with van der Waals surface area (Å²) in [6.07, 6.45) is -1.18. The highest BCUT2D eigenvalue weighted by molar-refractivity contribution is 7.30. The molecule has 10 heteroatoms. The molecule has 1 aromatic rings. The molecule has 0 amide bonds. The van der Waals surface area contributed by atoms with E-state index in [0.29, 0.717) is 5.56 Å². The van der Waals surface area contributed by atoms with E-state index in [1.165, 1.54) is 13.1 Å². The van der Waals surface area contributed by atoms with Gasteiger partial charge in [-0.05, 0) is 11.5 Å². The second-order valence-corrected chi connectivity index (χ2v) is 5.14. The number of aliphatic hydroxyl groups is 1. The zero-order chi connectivity index (χ0) is 14.9. The quantitative estimate of drug-likeness (QED) is 0.648. The first-order chi connectivity index (χ1) is 9.38. The molecule has 0 aliphatic carbocycles. The number of aliphatic hydroxyl groups excluding tert-OH is 1. The first-order valence-electron chi connectivity index (χ1n) is 5.81. The van der Waals surface area contributed by atoms with Crippen LogP contribution in [0.1, 0.15) is 18.2 Å². The molecule has 0 saturated carbocycles. The van der Waals surface area contributed by atoms with E-state index in [2.05, 4.69) is 9.51 Å². The number of aryl methyl sites for hydroxylation is 1. The number of ether oxygens (including phenoxy) is 1. The standard InChI is InChI=1S/C10H13N2O7P/c1-5-3-12(10(15)11-9(5)14)8-2-6(13)7(19-8)4-18-20(16)17/h3,6-8,13H,2,4H2,1H3,(H,11,14,15). The molecule has 1 aliphatic rings. The lowest BCUT2D eigenvalue weighted by atomic mass is 10.2. The molecule has 2 heterocycles. The Morgan fingerprint density at radius 1 is 1.65 bits per heavy atom. The van der Waals surface area contributed by atoms with E-state index in [1.807, 2.05) is 0 Å². The zero-order valence-electron chi connectivity index (χ0n) is 10.5. The van der Waals surface area contributed by atoms with E-state index < -0.39 is 37.9 Å². The molecule has 0 aromatic carbocycles. The van der Waals surface area contributed by atoms with Gasteiger partial charge in [0.05, 0.1) is 6.10 Å². The third-order valence-corrected chi connectivity index (χ3v) is 3.36. The number of hydrogen-bond acceptors (Lipinski definition) is 7. The van der Waals surface area contributed by atoms with Crippen molar-refractivity contribution in [2.75, 3.05) is 6.61 Å². The smallest absolute Gasteiger partial charge is 0.488 e. The summed E-state index contributed by atoms with van der Waals surface area (Å²) in [6.45, 7) is 1.20. The Labute approximate surface area is 113 Å². The second kappa shape index (κ2) is 5.94. The Balaban J connectivity index is 2.16. The molecule has 0 bridgehead atoms. The van der Waals surface area contributed by atoms with E-state index in [1.54, 1.807) is 0 Å². The maximum absolute atomic E-state index is 11.7. The highest BCUT2D eigenvalue weighted by atomic mass is 31.1. The lowest BCUT2D eigenvalue weighted by Crippen LogP contribution is -2.33. The second-order valence-electron chi connectivity index (χ2n) is 4.43. The summed E-state index contributed by atoms with van der Waals surface area (Å²) in [7, 11) is -3.03. The van der Waals surface area contributed by atoms with Crippen LogP contribution in [0.5, 0.6) is 0 Å². The summed E-state index contributed by atoms with van der Waals surface area (Å²) in [4.78, 5) is 35.4. The normalized spacial score (nSPS) is 26.8. The van der Waals surface area contributed by atoms with Crippen molar-refractivity contribution in [3.8, 4) is 0 Å². The maximum Gasteiger partial charge on any atom is 0.488 e. The third-order valence-electron chi connectivity index (χ3n) is 3.00. The molecule has 2 rings (SSSR count). The number of hydrogen-bond donors (Lipinski definition) is 2. The fourth-order valence-electron chi connectivity index (χ4n) is 1.97. The van der Waals surface area contributed by atoms with Crippen LogP contribution < -0.4 is 16.1 Å². The molecule has 110 valence electrons. The lowest BCUT2D eigenvalue weighted by molar-refractivity contribution is -0.189. The molecule has 0 spiro atoms. The number of rotatable bonds is 4. The van der Waals surface area contributed by atoms with Gasteiger partial charge in [-0.1, -0.05) is 0 Å². The average Bonchev–Trinajstić information content (AvgIpc) is 2.72. The number of aromatic nitrogens is 2. The third kappa shape index (κ3) is 3.20. The number of aromatic amines is 1. The molecular weight excluding hydrogens is 291 g/mol. The minimum absolute atomic E-state index is 0.0923. The van der Waals surface area contributed by atoms with Gasteiger partial charge >= 0.3 is 13.9 Å². The van der Waals surface area contributed by atoms with E-state index in [-0.39, 0.29) is 13.0 Å². The van der Waals surface area contributed by atoms with Crippen molar-refractivity contribution < 1.29 is 23.8 Å². The predicted molar refractivity (Wildman–Crippen MR) is 64.2 cm³/mol. The highest BCUT2D eigenvalue weighted by Crippen LogP contribution is 2.29. The van der Waals surface area contributed by atoms with Crippen molar-refractivity contribution in [2.24, 2.45) is 0 Å². The van der Waals surface area contributed by atoms with Crippen LogP contribution in [0.25, 0.3) is 0 Å². The summed E-state index contributed by atoms with van der Waals surface area (Å²) >= 11 is 0. The van der Waals surface area contributed by atoms with Crippen molar-refractivity contribution in [3.63, 3.8) is 0 Å². The van der Waals surface area contributed by atoms with Crippen LogP contribution >= 0.6 is 8.25 Å². The van der Waals surface area contributed by atoms with Gasteiger partial charge < -0.3 is 14.7 Å². The predicted octanol–water partition coefficient (Wildman–Crippen LogP) is -1.47. The Morgan fingerprint density at radius 3 is 3.00 bits per heavy atom. The van der Waals surface area contributed by atoms with E-state index >= 15 is 0 Å². The summed E-state index contributed by atoms with van der Waals surface area (Å²) in [5.41, 5.74) is -0.827. The van der Waals surface area contributed by atoms with E-state index in [4.69, 9.17) is 4.74 Å². The molecule has 4 atom stereocenters.